The highest BCUT2D eigenvalue weighted by atomic mass is 35.5. The molecule has 1 rings (SSSR count). The van der Waals surface area contributed by atoms with E-state index in [4.69, 9.17) is 22.4 Å². The van der Waals surface area contributed by atoms with E-state index in [0.717, 1.165) is 5.75 Å². The van der Waals surface area contributed by atoms with E-state index in [-0.39, 0.29) is 12.5 Å². The van der Waals surface area contributed by atoms with Crippen molar-refractivity contribution in [2.75, 3.05) is 29.2 Å². The van der Waals surface area contributed by atoms with Gasteiger partial charge in [-0.05, 0) is 30.4 Å². The Morgan fingerprint density at radius 1 is 1.53 bits per heavy atom. The van der Waals surface area contributed by atoms with E-state index in [9.17, 15) is 4.79 Å². The van der Waals surface area contributed by atoms with Crippen molar-refractivity contribution in [1.82, 2.24) is 0 Å². The third kappa shape index (κ3) is 5.30. The average molecular weight is 275 g/mol. The minimum Gasteiger partial charge on any atom is -0.399 e. The second-order valence-electron chi connectivity index (χ2n) is 3.42. The number of aliphatic hydroxyl groups is 1. The smallest absolute Gasteiger partial charge is 0.234 e. The lowest BCUT2D eigenvalue weighted by molar-refractivity contribution is -0.113. The zero-order valence-electron chi connectivity index (χ0n) is 9.28. The summed E-state index contributed by atoms with van der Waals surface area (Å²) in [6.45, 7) is 0.151. The third-order valence-electron chi connectivity index (χ3n) is 1.95. The molecule has 4 N–H and O–H groups in total. The standard InChI is InChI=1S/C11H15ClN2O2S/c12-9-6-8(13)2-3-10(9)14-11(16)7-17-5-1-4-15/h2-3,6,15H,1,4-5,7,13H2,(H,14,16). The SMILES string of the molecule is Nc1ccc(NC(=O)CSCCCO)c(Cl)c1. The number of anilines is 2. The van der Waals surface area contributed by atoms with Crippen molar-refractivity contribution in [3.63, 3.8) is 0 Å². The normalized spacial score (nSPS) is 10.2. The second kappa shape index (κ2) is 7.42. The lowest BCUT2D eigenvalue weighted by Gasteiger charge is -2.07. The van der Waals surface area contributed by atoms with Crippen LogP contribution in [0.25, 0.3) is 0 Å². The summed E-state index contributed by atoms with van der Waals surface area (Å²) in [6.07, 6.45) is 0.695. The van der Waals surface area contributed by atoms with E-state index in [1.807, 2.05) is 0 Å². The molecular formula is C11H15ClN2O2S. The van der Waals surface area contributed by atoms with Gasteiger partial charge < -0.3 is 16.2 Å². The maximum atomic E-state index is 11.5. The molecule has 17 heavy (non-hydrogen) atoms. The lowest BCUT2D eigenvalue weighted by atomic mass is 10.3. The Kier molecular flexibility index (Phi) is 6.18. The minimum atomic E-state index is -0.111. The largest absolute Gasteiger partial charge is 0.399 e. The molecule has 0 bridgehead atoms. The number of aliphatic hydroxyl groups excluding tert-OH is 1. The van der Waals surface area contributed by atoms with E-state index < -0.39 is 0 Å². The van der Waals surface area contributed by atoms with Gasteiger partial charge in [0.05, 0.1) is 16.5 Å². The van der Waals surface area contributed by atoms with Crippen LogP contribution in [0, 0.1) is 0 Å². The summed E-state index contributed by atoms with van der Waals surface area (Å²) < 4.78 is 0. The van der Waals surface area contributed by atoms with Gasteiger partial charge in [0.1, 0.15) is 0 Å². The van der Waals surface area contributed by atoms with Gasteiger partial charge in [0, 0.05) is 12.3 Å². The van der Waals surface area contributed by atoms with E-state index in [1.165, 1.54) is 11.8 Å². The molecule has 0 unspecified atom stereocenters. The molecule has 0 aliphatic heterocycles. The summed E-state index contributed by atoms with van der Waals surface area (Å²) in [7, 11) is 0. The van der Waals surface area contributed by atoms with Crippen LogP contribution in [-0.2, 0) is 4.79 Å². The Labute approximate surface area is 110 Å². The van der Waals surface area contributed by atoms with Crippen LogP contribution in [0.4, 0.5) is 11.4 Å². The quantitative estimate of drug-likeness (QED) is 0.548. The molecule has 0 saturated heterocycles. The highest BCUT2D eigenvalue weighted by Gasteiger charge is 2.05. The molecule has 0 spiro atoms. The zero-order valence-corrected chi connectivity index (χ0v) is 10.9. The van der Waals surface area contributed by atoms with Crippen LogP contribution in [-0.4, -0.2) is 29.1 Å². The van der Waals surface area contributed by atoms with Crippen molar-refractivity contribution in [3.05, 3.63) is 23.2 Å². The van der Waals surface area contributed by atoms with Crippen LogP contribution in [0.1, 0.15) is 6.42 Å². The Morgan fingerprint density at radius 3 is 2.94 bits per heavy atom. The number of nitrogens with two attached hydrogens (primary N) is 1. The van der Waals surface area contributed by atoms with Crippen LogP contribution in [0.3, 0.4) is 0 Å². The number of hydrogen-bond donors (Lipinski definition) is 3. The molecule has 1 aromatic carbocycles. The first-order valence-corrected chi connectivity index (χ1v) is 6.70. The molecule has 0 aliphatic rings. The van der Waals surface area contributed by atoms with Gasteiger partial charge in [0.25, 0.3) is 0 Å². The minimum absolute atomic E-state index is 0.111. The van der Waals surface area contributed by atoms with Gasteiger partial charge in [-0.1, -0.05) is 11.6 Å². The molecule has 6 heteroatoms. The molecule has 1 aromatic rings. The maximum absolute atomic E-state index is 11.5. The number of hydrogen-bond acceptors (Lipinski definition) is 4. The maximum Gasteiger partial charge on any atom is 0.234 e. The summed E-state index contributed by atoms with van der Waals surface area (Å²) in [5.74, 6) is 1.000. The summed E-state index contributed by atoms with van der Waals surface area (Å²) in [6, 6.07) is 4.95. The summed E-state index contributed by atoms with van der Waals surface area (Å²) in [5, 5.41) is 11.7. The van der Waals surface area contributed by atoms with Crippen LogP contribution >= 0.6 is 23.4 Å². The number of carbonyl (C=O) groups excluding carboxylic acids is 1. The van der Waals surface area contributed by atoms with Crippen molar-refractivity contribution < 1.29 is 9.90 Å². The molecule has 94 valence electrons. The number of benzene rings is 1. The molecule has 1 amide bonds. The van der Waals surface area contributed by atoms with Gasteiger partial charge in [-0.15, -0.1) is 0 Å². The van der Waals surface area contributed by atoms with Gasteiger partial charge in [0.2, 0.25) is 5.91 Å². The number of halogens is 1. The molecule has 0 atom stereocenters. The second-order valence-corrected chi connectivity index (χ2v) is 4.93. The van der Waals surface area contributed by atoms with Gasteiger partial charge in [0.15, 0.2) is 0 Å². The monoisotopic (exact) mass is 274 g/mol. The fourth-order valence-corrected chi connectivity index (χ4v) is 2.12. The fraction of sp³-hybridized carbons (Fsp3) is 0.364. The first-order chi connectivity index (χ1) is 8.13. The molecule has 0 saturated carbocycles. The van der Waals surface area contributed by atoms with Gasteiger partial charge >= 0.3 is 0 Å². The molecule has 0 fully saturated rings. The van der Waals surface area contributed by atoms with Crippen molar-refractivity contribution in [3.8, 4) is 0 Å². The predicted octanol–water partition coefficient (Wildman–Crippen LogP) is 1.98. The Morgan fingerprint density at radius 2 is 2.29 bits per heavy atom. The van der Waals surface area contributed by atoms with Crippen molar-refractivity contribution in [2.24, 2.45) is 0 Å². The third-order valence-corrected chi connectivity index (χ3v) is 3.30. The molecule has 4 nitrogen and oxygen atoms in total. The number of amides is 1. The van der Waals surface area contributed by atoms with Crippen molar-refractivity contribution in [2.45, 2.75) is 6.42 Å². The van der Waals surface area contributed by atoms with Gasteiger partial charge in [-0.2, -0.15) is 11.8 Å². The number of nitrogens with one attached hydrogen (secondary N) is 1. The Balaban J connectivity index is 2.40. The van der Waals surface area contributed by atoms with Crippen LogP contribution < -0.4 is 11.1 Å². The highest BCUT2D eigenvalue weighted by Crippen LogP contribution is 2.24. The van der Waals surface area contributed by atoms with Crippen LogP contribution in [0.15, 0.2) is 18.2 Å². The van der Waals surface area contributed by atoms with E-state index in [1.54, 1.807) is 18.2 Å². The van der Waals surface area contributed by atoms with E-state index >= 15 is 0 Å². The predicted molar refractivity (Wildman–Crippen MR) is 73.5 cm³/mol. The zero-order chi connectivity index (χ0) is 12.7. The highest BCUT2D eigenvalue weighted by molar-refractivity contribution is 7.99. The summed E-state index contributed by atoms with van der Waals surface area (Å²) in [4.78, 5) is 11.5. The Hall–Kier alpha value is -0.910. The first kappa shape index (κ1) is 14.2. The molecule has 0 aliphatic carbocycles. The van der Waals surface area contributed by atoms with Gasteiger partial charge in [-0.25, -0.2) is 0 Å². The summed E-state index contributed by atoms with van der Waals surface area (Å²) >= 11 is 7.40. The van der Waals surface area contributed by atoms with E-state index in [2.05, 4.69) is 5.32 Å². The number of nitrogen functional groups attached to an aromatic ring is 1. The van der Waals surface area contributed by atoms with Gasteiger partial charge in [-0.3, -0.25) is 4.79 Å². The Bertz CT molecular complexity index is 388. The topological polar surface area (TPSA) is 75.3 Å². The van der Waals surface area contributed by atoms with E-state index in [0.29, 0.717) is 28.6 Å². The first-order valence-electron chi connectivity index (χ1n) is 5.17. The number of thioether (sulfide) groups is 1. The fourth-order valence-electron chi connectivity index (χ4n) is 1.15. The van der Waals surface area contributed by atoms with Crippen molar-refractivity contribution in [1.29, 1.82) is 0 Å². The molecule has 0 radical (unpaired) electrons. The van der Waals surface area contributed by atoms with Crippen molar-refractivity contribution >= 4 is 40.6 Å². The van der Waals surface area contributed by atoms with Crippen LogP contribution in [0.2, 0.25) is 5.02 Å². The summed E-state index contributed by atoms with van der Waals surface area (Å²) in [5.41, 5.74) is 6.67. The molecule has 0 heterocycles. The van der Waals surface area contributed by atoms with Crippen LogP contribution in [0.5, 0.6) is 0 Å². The lowest BCUT2D eigenvalue weighted by Crippen LogP contribution is -2.14. The molecule has 0 aromatic heterocycles. The number of rotatable bonds is 6. The number of carbonyl (C=O) groups is 1. The average Bonchev–Trinajstić information content (AvgIpc) is 2.28. The molecular weight excluding hydrogens is 260 g/mol.